The molecule has 1 aromatic carbocycles. The van der Waals surface area contributed by atoms with Crippen molar-refractivity contribution >= 4 is 0 Å². The quantitative estimate of drug-likeness (QED) is 0.817. The molecule has 106 valence electrons. The maximum atomic E-state index is 9.61. The molecule has 1 aliphatic rings. The summed E-state index contributed by atoms with van der Waals surface area (Å²) < 4.78 is 16.3. The summed E-state index contributed by atoms with van der Waals surface area (Å²) in [6.45, 7) is 3.24. The summed E-state index contributed by atoms with van der Waals surface area (Å²) in [6.07, 6.45) is 0.903. The van der Waals surface area contributed by atoms with E-state index < -0.39 is 6.10 Å². The van der Waals surface area contributed by atoms with E-state index in [0.717, 1.165) is 18.8 Å². The van der Waals surface area contributed by atoms with Gasteiger partial charge in [-0.1, -0.05) is 12.1 Å². The van der Waals surface area contributed by atoms with Gasteiger partial charge < -0.3 is 19.3 Å². The zero-order valence-corrected chi connectivity index (χ0v) is 11.5. The van der Waals surface area contributed by atoms with Gasteiger partial charge >= 0.3 is 0 Å². The highest BCUT2D eigenvalue weighted by molar-refractivity contribution is 5.28. The maximum absolute atomic E-state index is 9.61. The SMILES string of the molecule is CCOC1C(O)CC1Oc1ccc(CCOC)cc1. The molecule has 3 atom stereocenters. The smallest absolute Gasteiger partial charge is 0.130 e. The molecule has 4 nitrogen and oxygen atoms in total. The molecule has 1 saturated carbocycles. The van der Waals surface area contributed by atoms with Crippen LogP contribution in [0.1, 0.15) is 18.9 Å². The molecule has 0 saturated heterocycles. The molecule has 4 heteroatoms. The second-order valence-corrected chi connectivity index (χ2v) is 4.77. The lowest BCUT2D eigenvalue weighted by Gasteiger charge is -2.40. The van der Waals surface area contributed by atoms with E-state index in [9.17, 15) is 5.11 Å². The van der Waals surface area contributed by atoms with Crippen LogP contribution in [0.2, 0.25) is 0 Å². The molecule has 19 heavy (non-hydrogen) atoms. The molecule has 0 radical (unpaired) electrons. The largest absolute Gasteiger partial charge is 0.488 e. The molecule has 0 aliphatic heterocycles. The van der Waals surface area contributed by atoms with Crippen molar-refractivity contribution in [3.8, 4) is 5.75 Å². The first-order chi connectivity index (χ1) is 9.24. The average molecular weight is 266 g/mol. The Kier molecular flexibility index (Phi) is 5.19. The van der Waals surface area contributed by atoms with Crippen molar-refractivity contribution in [2.45, 2.75) is 38.1 Å². The molecule has 0 amide bonds. The van der Waals surface area contributed by atoms with E-state index in [4.69, 9.17) is 14.2 Å². The number of methoxy groups -OCH3 is 1. The van der Waals surface area contributed by atoms with Gasteiger partial charge in [-0.25, -0.2) is 0 Å². The van der Waals surface area contributed by atoms with Crippen LogP contribution in [0.3, 0.4) is 0 Å². The molecule has 1 aromatic rings. The first kappa shape index (κ1) is 14.3. The molecule has 0 aromatic heterocycles. The lowest BCUT2D eigenvalue weighted by atomic mass is 9.88. The highest BCUT2D eigenvalue weighted by Gasteiger charge is 2.42. The number of aliphatic hydroxyl groups is 1. The van der Waals surface area contributed by atoms with Crippen LogP contribution >= 0.6 is 0 Å². The summed E-state index contributed by atoms with van der Waals surface area (Å²) in [5, 5.41) is 9.61. The van der Waals surface area contributed by atoms with E-state index >= 15 is 0 Å². The van der Waals surface area contributed by atoms with Gasteiger partial charge in [-0.05, 0) is 31.0 Å². The van der Waals surface area contributed by atoms with Crippen LogP contribution in [0, 0.1) is 0 Å². The number of hydrogen-bond donors (Lipinski definition) is 1. The zero-order valence-electron chi connectivity index (χ0n) is 11.5. The Morgan fingerprint density at radius 3 is 2.58 bits per heavy atom. The fourth-order valence-corrected chi connectivity index (χ4v) is 2.21. The van der Waals surface area contributed by atoms with E-state index in [2.05, 4.69) is 0 Å². The summed E-state index contributed by atoms with van der Waals surface area (Å²) in [6, 6.07) is 8.00. The Hall–Kier alpha value is -1.10. The van der Waals surface area contributed by atoms with Crippen LogP contribution in [-0.2, 0) is 15.9 Å². The van der Waals surface area contributed by atoms with E-state index in [1.165, 1.54) is 5.56 Å². The van der Waals surface area contributed by atoms with Crippen LogP contribution in [-0.4, -0.2) is 43.7 Å². The lowest BCUT2D eigenvalue weighted by Crippen LogP contribution is -2.55. The third kappa shape index (κ3) is 3.69. The molecule has 0 bridgehead atoms. The molecule has 0 spiro atoms. The third-order valence-corrected chi connectivity index (χ3v) is 3.38. The maximum Gasteiger partial charge on any atom is 0.130 e. The highest BCUT2D eigenvalue weighted by atomic mass is 16.6. The number of rotatable bonds is 7. The molecule has 3 unspecified atom stereocenters. The summed E-state index contributed by atoms with van der Waals surface area (Å²) in [7, 11) is 1.70. The third-order valence-electron chi connectivity index (χ3n) is 3.38. The van der Waals surface area contributed by atoms with Crippen molar-refractivity contribution in [1.29, 1.82) is 0 Å². The van der Waals surface area contributed by atoms with Crippen LogP contribution in [0.25, 0.3) is 0 Å². The van der Waals surface area contributed by atoms with Crippen molar-refractivity contribution in [2.24, 2.45) is 0 Å². The van der Waals surface area contributed by atoms with Crippen molar-refractivity contribution in [2.75, 3.05) is 20.3 Å². The van der Waals surface area contributed by atoms with Crippen LogP contribution in [0.5, 0.6) is 5.75 Å². The van der Waals surface area contributed by atoms with Crippen LogP contribution in [0.4, 0.5) is 0 Å². The van der Waals surface area contributed by atoms with Gasteiger partial charge in [-0.15, -0.1) is 0 Å². The summed E-state index contributed by atoms with van der Waals surface area (Å²) in [5.74, 6) is 0.822. The molecular weight excluding hydrogens is 244 g/mol. The van der Waals surface area contributed by atoms with E-state index in [1.54, 1.807) is 7.11 Å². The Morgan fingerprint density at radius 2 is 2.00 bits per heavy atom. The monoisotopic (exact) mass is 266 g/mol. The standard InChI is InChI=1S/C15H22O4/c1-3-18-15-13(16)10-14(15)19-12-6-4-11(5-7-12)8-9-17-2/h4-7,13-16H,3,8-10H2,1-2H3. The number of ether oxygens (including phenoxy) is 3. The molecule has 1 N–H and O–H groups in total. The van der Waals surface area contributed by atoms with Crippen molar-refractivity contribution in [3.63, 3.8) is 0 Å². The minimum Gasteiger partial charge on any atom is -0.488 e. The van der Waals surface area contributed by atoms with Gasteiger partial charge in [0.1, 0.15) is 18.0 Å². The Morgan fingerprint density at radius 1 is 1.26 bits per heavy atom. The first-order valence-electron chi connectivity index (χ1n) is 6.78. The fourth-order valence-electron chi connectivity index (χ4n) is 2.21. The second-order valence-electron chi connectivity index (χ2n) is 4.77. The van der Waals surface area contributed by atoms with Gasteiger partial charge in [-0.2, -0.15) is 0 Å². The van der Waals surface area contributed by atoms with E-state index in [-0.39, 0.29) is 12.2 Å². The van der Waals surface area contributed by atoms with Crippen molar-refractivity contribution < 1.29 is 19.3 Å². The Labute approximate surface area is 114 Å². The lowest BCUT2D eigenvalue weighted by molar-refractivity contribution is -0.160. The Balaban J connectivity index is 1.86. The van der Waals surface area contributed by atoms with Gasteiger partial charge in [0.05, 0.1) is 12.7 Å². The Bertz CT molecular complexity index is 376. The summed E-state index contributed by atoms with van der Waals surface area (Å²) in [4.78, 5) is 0. The van der Waals surface area contributed by atoms with Gasteiger partial charge in [0.2, 0.25) is 0 Å². The molecule has 2 rings (SSSR count). The van der Waals surface area contributed by atoms with E-state index in [1.807, 2.05) is 31.2 Å². The fraction of sp³-hybridized carbons (Fsp3) is 0.600. The molecule has 1 aliphatic carbocycles. The predicted octanol–water partition coefficient (Wildman–Crippen LogP) is 1.79. The minimum atomic E-state index is -0.397. The van der Waals surface area contributed by atoms with E-state index in [0.29, 0.717) is 13.0 Å². The summed E-state index contributed by atoms with van der Waals surface area (Å²) >= 11 is 0. The van der Waals surface area contributed by atoms with Gasteiger partial charge in [0, 0.05) is 20.1 Å². The molecular formula is C15H22O4. The second kappa shape index (κ2) is 6.89. The predicted molar refractivity (Wildman–Crippen MR) is 72.5 cm³/mol. The van der Waals surface area contributed by atoms with Crippen molar-refractivity contribution in [1.82, 2.24) is 0 Å². The average Bonchev–Trinajstić information content (AvgIpc) is 2.43. The highest BCUT2D eigenvalue weighted by Crippen LogP contribution is 2.29. The van der Waals surface area contributed by atoms with Crippen molar-refractivity contribution in [3.05, 3.63) is 29.8 Å². The van der Waals surface area contributed by atoms with Crippen LogP contribution < -0.4 is 4.74 Å². The van der Waals surface area contributed by atoms with Gasteiger partial charge in [-0.3, -0.25) is 0 Å². The van der Waals surface area contributed by atoms with Gasteiger partial charge in [0.15, 0.2) is 0 Å². The molecule has 1 fully saturated rings. The normalized spacial score (nSPS) is 25.9. The first-order valence-corrected chi connectivity index (χ1v) is 6.78. The minimum absolute atomic E-state index is 0.0419. The number of hydrogen-bond acceptors (Lipinski definition) is 4. The van der Waals surface area contributed by atoms with Crippen LogP contribution in [0.15, 0.2) is 24.3 Å². The zero-order chi connectivity index (χ0) is 13.7. The summed E-state index contributed by atoms with van der Waals surface area (Å²) in [5.41, 5.74) is 1.23. The topological polar surface area (TPSA) is 47.9 Å². The molecule has 0 heterocycles. The van der Waals surface area contributed by atoms with Gasteiger partial charge in [0.25, 0.3) is 0 Å². The number of aliphatic hydroxyl groups excluding tert-OH is 1. The number of benzene rings is 1.